The molecular formula is C15H16ClN. The van der Waals surface area contributed by atoms with E-state index in [9.17, 15) is 0 Å². The minimum atomic E-state index is 0.545. The number of rotatable bonds is 1. The molecule has 2 aromatic rings. The van der Waals surface area contributed by atoms with Crippen LogP contribution in [0.4, 0.5) is 0 Å². The molecule has 0 spiro atoms. The van der Waals surface area contributed by atoms with Gasteiger partial charge in [-0.05, 0) is 67.1 Å². The Kier molecular flexibility index (Phi) is 3.21. The summed E-state index contributed by atoms with van der Waals surface area (Å²) in [5, 5.41) is 0.545. The molecule has 1 heterocycles. The van der Waals surface area contributed by atoms with Crippen LogP contribution in [0.15, 0.2) is 24.4 Å². The van der Waals surface area contributed by atoms with E-state index in [0.717, 1.165) is 5.56 Å². The predicted octanol–water partition coefficient (Wildman–Crippen LogP) is 4.64. The zero-order chi connectivity index (χ0) is 12.6. The maximum atomic E-state index is 5.98. The molecule has 0 saturated heterocycles. The number of halogens is 1. The first-order chi connectivity index (χ1) is 7.99. The molecule has 0 unspecified atom stereocenters. The van der Waals surface area contributed by atoms with Gasteiger partial charge in [0, 0.05) is 6.20 Å². The smallest absolute Gasteiger partial charge is 0.129 e. The van der Waals surface area contributed by atoms with Gasteiger partial charge in [-0.1, -0.05) is 23.7 Å². The van der Waals surface area contributed by atoms with Gasteiger partial charge in [0.05, 0.1) is 0 Å². The number of hydrogen-bond donors (Lipinski definition) is 0. The van der Waals surface area contributed by atoms with Gasteiger partial charge < -0.3 is 0 Å². The van der Waals surface area contributed by atoms with Crippen molar-refractivity contribution in [2.45, 2.75) is 27.7 Å². The first-order valence-electron chi connectivity index (χ1n) is 5.69. The van der Waals surface area contributed by atoms with E-state index >= 15 is 0 Å². The van der Waals surface area contributed by atoms with Gasteiger partial charge in [0.15, 0.2) is 0 Å². The summed E-state index contributed by atoms with van der Waals surface area (Å²) in [5.41, 5.74) is 7.47. The largest absolute Gasteiger partial charge is 0.244 e. The summed E-state index contributed by atoms with van der Waals surface area (Å²) in [5.74, 6) is 0. The van der Waals surface area contributed by atoms with Crippen LogP contribution in [0.25, 0.3) is 11.1 Å². The second kappa shape index (κ2) is 4.50. The molecule has 1 nitrogen and oxygen atoms in total. The molecule has 0 aliphatic heterocycles. The van der Waals surface area contributed by atoms with E-state index in [2.05, 4.69) is 44.8 Å². The number of pyridine rings is 1. The zero-order valence-corrected chi connectivity index (χ0v) is 11.4. The highest BCUT2D eigenvalue weighted by molar-refractivity contribution is 6.29. The molecule has 0 fully saturated rings. The van der Waals surface area contributed by atoms with Crippen LogP contribution in [0.1, 0.15) is 22.3 Å². The van der Waals surface area contributed by atoms with Crippen LogP contribution in [-0.4, -0.2) is 4.98 Å². The standard InChI is InChI=1S/C15H16ClN/c1-9-5-11(3)13(6-10(9)2)14-7-15(16)17-8-12(14)4/h5-8H,1-4H3. The fourth-order valence-electron chi connectivity index (χ4n) is 2.04. The highest BCUT2D eigenvalue weighted by Gasteiger charge is 2.08. The Morgan fingerprint density at radius 1 is 0.765 bits per heavy atom. The van der Waals surface area contributed by atoms with Crippen molar-refractivity contribution in [1.29, 1.82) is 0 Å². The molecule has 88 valence electrons. The minimum Gasteiger partial charge on any atom is -0.244 e. The first kappa shape index (κ1) is 12.1. The molecule has 0 aliphatic carbocycles. The van der Waals surface area contributed by atoms with Crippen LogP contribution in [-0.2, 0) is 0 Å². The van der Waals surface area contributed by atoms with Crippen molar-refractivity contribution in [2.24, 2.45) is 0 Å². The van der Waals surface area contributed by atoms with Crippen molar-refractivity contribution < 1.29 is 0 Å². The maximum absolute atomic E-state index is 5.98. The van der Waals surface area contributed by atoms with E-state index in [-0.39, 0.29) is 0 Å². The van der Waals surface area contributed by atoms with Crippen molar-refractivity contribution in [1.82, 2.24) is 4.98 Å². The molecule has 0 radical (unpaired) electrons. The molecule has 1 aromatic heterocycles. The van der Waals surface area contributed by atoms with E-state index in [1.807, 2.05) is 12.3 Å². The van der Waals surface area contributed by atoms with Crippen LogP contribution in [0.2, 0.25) is 5.15 Å². The third-order valence-electron chi connectivity index (χ3n) is 3.20. The highest BCUT2D eigenvalue weighted by atomic mass is 35.5. The lowest BCUT2D eigenvalue weighted by Crippen LogP contribution is -1.92. The van der Waals surface area contributed by atoms with E-state index in [1.54, 1.807) is 0 Å². The van der Waals surface area contributed by atoms with E-state index in [1.165, 1.54) is 27.8 Å². The van der Waals surface area contributed by atoms with Crippen molar-refractivity contribution in [3.05, 3.63) is 51.8 Å². The first-order valence-corrected chi connectivity index (χ1v) is 6.07. The normalized spacial score (nSPS) is 10.6. The Bertz CT molecular complexity index is 573. The van der Waals surface area contributed by atoms with Gasteiger partial charge in [0.1, 0.15) is 5.15 Å². The Morgan fingerprint density at radius 3 is 2.06 bits per heavy atom. The van der Waals surface area contributed by atoms with Gasteiger partial charge in [-0.15, -0.1) is 0 Å². The zero-order valence-electron chi connectivity index (χ0n) is 10.6. The Labute approximate surface area is 107 Å². The summed E-state index contributed by atoms with van der Waals surface area (Å²) in [6.07, 6.45) is 1.83. The Balaban J connectivity index is 2.68. The number of benzene rings is 1. The lowest BCUT2D eigenvalue weighted by atomic mass is 9.94. The van der Waals surface area contributed by atoms with Gasteiger partial charge in [0.2, 0.25) is 0 Å². The molecular weight excluding hydrogens is 230 g/mol. The second-order valence-electron chi connectivity index (χ2n) is 4.57. The molecule has 2 rings (SSSR count). The monoisotopic (exact) mass is 245 g/mol. The molecule has 17 heavy (non-hydrogen) atoms. The SMILES string of the molecule is Cc1cc(C)c(-c2cc(Cl)ncc2C)cc1C. The number of aryl methyl sites for hydroxylation is 4. The van der Waals surface area contributed by atoms with Crippen LogP contribution in [0.3, 0.4) is 0 Å². The van der Waals surface area contributed by atoms with Gasteiger partial charge in [-0.2, -0.15) is 0 Å². The topological polar surface area (TPSA) is 12.9 Å². The fourth-order valence-corrected chi connectivity index (χ4v) is 2.20. The second-order valence-corrected chi connectivity index (χ2v) is 4.96. The van der Waals surface area contributed by atoms with Gasteiger partial charge in [-0.3, -0.25) is 0 Å². The average molecular weight is 246 g/mol. The number of aromatic nitrogens is 1. The molecule has 0 atom stereocenters. The Hall–Kier alpha value is -1.34. The fraction of sp³-hybridized carbons (Fsp3) is 0.267. The van der Waals surface area contributed by atoms with E-state index in [4.69, 9.17) is 11.6 Å². The molecule has 0 bridgehead atoms. The van der Waals surface area contributed by atoms with Crippen molar-refractivity contribution in [2.75, 3.05) is 0 Å². The van der Waals surface area contributed by atoms with Gasteiger partial charge in [-0.25, -0.2) is 4.98 Å². The van der Waals surface area contributed by atoms with Crippen molar-refractivity contribution in [3.63, 3.8) is 0 Å². The van der Waals surface area contributed by atoms with Gasteiger partial charge in [0.25, 0.3) is 0 Å². The lowest BCUT2D eigenvalue weighted by Gasteiger charge is -2.12. The molecule has 0 N–H and O–H groups in total. The summed E-state index contributed by atoms with van der Waals surface area (Å²) in [7, 11) is 0. The van der Waals surface area contributed by atoms with Crippen LogP contribution >= 0.6 is 11.6 Å². The molecule has 1 aromatic carbocycles. The third kappa shape index (κ3) is 2.34. The maximum Gasteiger partial charge on any atom is 0.129 e. The average Bonchev–Trinajstić information content (AvgIpc) is 2.27. The Morgan fingerprint density at radius 2 is 1.35 bits per heavy atom. The van der Waals surface area contributed by atoms with Crippen LogP contribution in [0.5, 0.6) is 0 Å². The van der Waals surface area contributed by atoms with Gasteiger partial charge >= 0.3 is 0 Å². The van der Waals surface area contributed by atoms with Crippen LogP contribution in [0, 0.1) is 27.7 Å². The molecule has 0 saturated carbocycles. The molecule has 0 amide bonds. The third-order valence-corrected chi connectivity index (χ3v) is 3.41. The summed E-state index contributed by atoms with van der Waals surface area (Å²) in [6.45, 7) is 8.47. The minimum absolute atomic E-state index is 0.545. The summed E-state index contributed by atoms with van der Waals surface area (Å²) >= 11 is 5.98. The van der Waals surface area contributed by atoms with E-state index in [0.29, 0.717) is 5.15 Å². The van der Waals surface area contributed by atoms with Crippen LogP contribution < -0.4 is 0 Å². The molecule has 0 aliphatic rings. The summed E-state index contributed by atoms with van der Waals surface area (Å²) in [6, 6.07) is 6.38. The number of nitrogens with zero attached hydrogens (tertiary/aromatic N) is 1. The quantitative estimate of drug-likeness (QED) is 0.668. The lowest BCUT2D eigenvalue weighted by molar-refractivity contribution is 1.25. The van der Waals surface area contributed by atoms with E-state index < -0.39 is 0 Å². The van der Waals surface area contributed by atoms with Crippen molar-refractivity contribution in [3.8, 4) is 11.1 Å². The predicted molar refractivity (Wildman–Crippen MR) is 73.6 cm³/mol. The molecule has 2 heteroatoms. The summed E-state index contributed by atoms with van der Waals surface area (Å²) in [4.78, 5) is 4.10. The summed E-state index contributed by atoms with van der Waals surface area (Å²) < 4.78 is 0. The highest BCUT2D eigenvalue weighted by Crippen LogP contribution is 2.30. The number of hydrogen-bond acceptors (Lipinski definition) is 1. The van der Waals surface area contributed by atoms with Crippen molar-refractivity contribution >= 4 is 11.6 Å².